The average molecular weight is 374 g/mol. The number of hydrogen-bond donors (Lipinski definition) is 0. The highest BCUT2D eigenvalue weighted by atomic mass is 19.1. The molecule has 0 saturated heterocycles. The molecule has 5 heteroatoms. The van der Waals surface area contributed by atoms with Gasteiger partial charge in [0.15, 0.2) is 0 Å². The van der Waals surface area contributed by atoms with E-state index in [2.05, 4.69) is 0 Å². The van der Waals surface area contributed by atoms with Gasteiger partial charge in [0.25, 0.3) is 0 Å². The van der Waals surface area contributed by atoms with E-state index in [1.165, 1.54) is 12.1 Å². The van der Waals surface area contributed by atoms with Gasteiger partial charge in [-0.3, -0.25) is 10.1 Å². The number of hydrogen-bond acceptors (Lipinski definition) is 3. The second-order valence-corrected chi connectivity index (χ2v) is 6.90. The first-order valence-electron chi connectivity index (χ1n) is 9.07. The summed E-state index contributed by atoms with van der Waals surface area (Å²) in [4.78, 5) is 13.1. The molecular formula is C23H19FN2O2. The van der Waals surface area contributed by atoms with Gasteiger partial charge < -0.3 is 4.90 Å². The Hall–Kier alpha value is -3.47. The van der Waals surface area contributed by atoms with E-state index < -0.39 is 6.04 Å². The van der Waals surface area contributed by atoms with E-state index in [9.17, 15) is 14.5 Å². The predicted molar refractivity (Wildman–Crippen MR) is 109 cm³/mol. The molecule has 28 heavy (non-hydrogen) atoms. The summed E-state index contributed by atoms with van der Waals surface area (Å²) in [6.07, 6.45) is 2.04. The molecule has 0 saturated carbocycles. The van der Waals surface area contributed by atoms with Crippen LogP contribution in [0.1, 0.15) is 28.3 Å². The van der Waals surface area contributed by atoms with Crippen LogP contribution in [0.5, 0.6) is 0 Å². The molecule has 0 aromatic heterocycles. The zero-order valence-electron chi connectivity index (χ0n) is 15.4. The van der Waals surface area contributed by atoms with Crippen molar-refractivity contribution in [1.82, 2.24) is 0 Å². The van der Waals surface area contributed by atoms with Gasteiger partial charge in [0.2, 0.25) is 6.54 Å². The summed E-state index contributed by atoms with van der Waals surface area (Å²) in [5.74, 6) is -0.340. The molecule has 1 atom stereocenters. The summed E-state index contributed by atoms with van der Waals surface area (Å²) in [7, 11) is 0. The number of aryl methyl sites for hydroxylation is 1. The van der Waals surface area contributed by atoms with E-state index in [0.717, 1.165) is 33.6 Å². The number of benzene rings is 3. The summed E-state index contributed by atoms with van der Waals surface area (Å²) in [6, 6.07) is 21.4. The maximum atomic E-state index is 13.5. The molecule has 0 fully saturated rings. The Morgan fingerprint density at radius 2 is 1.68 bits per heavy atom. The lowest BCUT2D eigenvalue weighted by atomic mass is 9.91. The van der Waals surface area contributed by atoms with Crippen LogP contribution in [0.25, 0.3) is 11.8 Å². The molecule has 0 spiro atoms. The van der Waals surface area contributed by atoms with Gasteiger partial charge in [-0.25, -0.2) is 4.39 Å². The van der Waals surface area contributed by atoms with Crippen molar-refractivity contribution in [3.8, 4) is 0 Å². The average Bonchev–Trinajstić information content (AvgIpc) is 2.69. The highest BCUT2D eigenvalue weighted by molar-refractivity contribution is 5.93. The molecule has 4 nitrogen and oxygen atoms in total. The Morgan fingerprint density at radius 3 is 2.36 bits per heavy atom. The fourth-order valence-corrected chi connectivity index (χ4v) is 3.66. The Balaban J connectivity index is 1.93. The maximum absolute atomic E-state index is 13.5. The largest absolute Gasteiger partial charge is 0.327 e. The highest BCUT2D eigenvalue weighted by Gasteiger charge is 2.33. The minimum absolute atomic E-state index is 0.252. The second kappa shape index (κ2) is 7.27. The first-order chi connectivity index (χ1) is 13.5. The van der Waals surface area contributed by atoms with Gasteiger partial charge in [0, 0.05) is 16.3 Å². The van der Waals surface area contributed by atoms with Gasteiger partial charge in [-0.15, -0.1) is 0 Å². The van der Waals surface area contributed by atoms with Crippen LogP contribution >= 0.6 is 0 Å². The summed E-state index contributed by atoms with van der Waals surface area (Å²) >= 11 is 0. The van der Waals surface area contributed by atoms with E-state index >= 15 is 0 Å². The van der Waals surface area contributed by atoms with Crippen LogP contribution in [0, 0.1) is 22.9 Å². The molecule has 0 aliphatic carbocycles. The van der Waals surface area contributed by atoms with Crippen molar-refractivity contribution in [3.63, 3.8) is 0 Å². The lowest BCUT2D eigenvalue weighted by molar-refractivity contribution is -0.483. The van der Waals surface area contributed by atoms with Crippen LogP contribution in [0.15, 0.2) is 72.8 Å². The van der Waals surface area contributed by atoms with E-state index in [0.29, 0.717) is 0 Å². The first-order valence-corrected chi connectivity index (χ1v) is 9.07. The zero-order chi connectivity index (χ0) is 19.7. The normalized spacial score (nSPS) is 15.7. The SMILES string of the molecule is Cc1ccc(C2=Cc3ccccc3C(C[N+](=O)[O-])N2c2ccc(F)cc2)cc1. The summed E-state index contributed by atoms with van der Waals surface area (Å²) in [5.41, 5.74) is 5.52. The number of anilines is 1. The standard InChI is InChI=1S/C23H19FN2O2/c1-16-6-8-17(9-7-16)22-14-18-4-2-3-5-21(18)23(15-25(27)28)26(22)20-12-10-19(24)11-13-20/h2-14,23H,15H2,1H3. The Bertz CT molecular complexity index is 1040. The second-order valence-electron chi connectivity index (χ2n) is 6.90. The third-order valence-corrected chi connectivity index (χ3v) is 4.99. The van der Waals surface area contributed by atoms with E-state index in [4.69, 9.17) is 0 Å². The maximum Gasteiger partial charge on any atom is 0.228 e. The van der Waals surface area contributed by atoms with Crippen molar-refractivity contribution in [2.75, 3.05) is 11.4 Å². The Morgan fingerprint density at radius 1 is 1.00 bits per heavy atom. The van der Waals surface area contributed by atoms with E-state index in [1.807, 2.05) is 66.4 Å². The van der Waals surface area contributed by atoms with E-state index in [1.54, 1.807) is 12.1 Å². The van der Waals surface area contributed by atoms with Crippen LogP contribution in [0.2, 0.25) is 0 Å². The van der Waals surface area contributed by atoms with Gasteiger partial charge in [0.1, 0.15) is 11.9 Å². The lowest BCUT2D eigenvalue weighted by Gasteiger charge is -2.38. The van der Waals surface area contributed by atoms with Gasteiger partial charge in [-0.05, 0) is 54.0 Å². The summed E-state index contributed by atoms with van der Waals surface area (Å²) in [6.45, 7) is 1.76. The van der Waals surface area contributed by atoms with Crippen molar-refractivity contribution in [1.29, 1.82) is 0 Å². The number of rotatable bonds is 4. The molecule has 1 unspecified atom stereocenters. The number of nitrogens with zero attached hydrogens (tertiary/aromatic N) is 2. The lowest BCUT2D eigenvalue weighted by Crippen LogP contribution is -2.35. The summed E-state index contributed by atoms with van der Waals surface area (Å²) < 4.78 is 13.5. The topological polar surface area (TPSA) is 46.4 Å². The van der Waals surface area contributed by atoms with Gasteiger partial charge >= 0.3 is 0 Å². The van der Waals surface area contributed by atoms with Crippen LogP contribution in [0.3, 0.4) is 0 Å². The fraction of sp³-hybridized carbons (Fsp3) is 0.130. The molecule has 3 aromatic rings. The molecule has 4 rings (SSSR count). The smallest absolute Gasteiger partial charge is 0.228 e. The Kier molecular flexibility index (Phi) is 4.65. The van der Waals surface area contributed by atoms with E-state index in [-0.39, 0.29) is 17.3 Å². The van der Waals surface area contributed by atoms with Crippen molar-refractivity contribution in [2.24, 2.45) is 0 Å². The highest BCUT2D eigenvalue weighted by Crippen LogP contribution is 2.42. The van der Waals surface area contributed by atoms with Crippen molar-refractivity contribution >= 4 is 17.5 Å². The van der Waals surface area contributed by atoms with Gasteiger partial charge in [0.05, 0.1) is 0 Å². The van der Waals surface area contributed by atoms with Crippen LogP contribution < -0.4 is 4.90 Å². The quantitative estimate of drug-likeness (QED) is 0.449. The van der Waals surface area contributed by atoms with Crippen molar-refractivity contribution in [2.45, 2.75) is 13.0 Å². The van der Waals surface area contributed by atoms with Crippen LogP contribution in [0.4, 0.5) is 10.1 Å². The number of halogens is 1. The predicted octanol–water partition coefficient (Wildman–Crippen LogP) is 5.47. The van der Waals surface area contributed by atoms with Crippen molar-refractivity contribution in [3.05, 3.63) is 111 Å². The minimum Gasteiger partial charge on any atom is -0.327 e. The molecule has 1 aliphatic rings. The third kappa shape index (κ3) is 3.39. The summed E-state index contributed by atoms with van der Waals surface area (Å²) in [5, 5.41) is 11.5. The van der Waals surface area contributed by atoms with Gasteiger partial charge in [-0.2, -0.15) is 0 Å². The molecule has 1 aliphatic heterocycles. The van der Waals surface area contributed by atoms with Crippen molar-refractivity contribution < 1.29 is 9.31 Å². The van der Waals surface area contributed by atoms with Crippen LogP contribution in [-0.2, 0) is 0 Å². The molecule has 3 aromatic carbocycles. The van der Waals surface area contributed by atoms with Gasteiger partial charge in [-0.1, -0.05) is 54.1 Å². The third-order valence-electron chi connectivity index (χ3n) is 4.99. The zero-order valence-corrected chi connectivity index (χ0v) is 15.4. The molecule has 140 valence electrons. The fourth-order valence-electron chi connectivity index (χ4n) is 3.66. The molecule has 0 N–H and O–H groups in total. The molecule has 0 bridgehead atoms. The minimum atomic E-state index is -0.488. The Labute approximate surface area is 162 Å². The first kappa shape index (κ1) is 17.9. The molecule has 1 heterocycles. The molecule has 0 amide bonds. The number of nitro groups is 1. The molecular weight excluding hydrogens is 355 g/mol. The number of fused-ring (bicyclic) bond motifs is 1. The monoisotopic (exact) mass is 374 g/mol. The van der Waals surface area contributed by atoms with Crippen LogP contribution in [-0.4, -0.2) is 11.5 Å². The molecule has 0 radical (unpaired) electrons.